The minimum absolute atomic E-state index is 0.194. The fourth-order valence-electron chi connectivity index (χ4n) is 2.95. The van der Waals surface area contributed by atoms with Gasteiger partial charge in [-0.2, -0.15) is 0 Å². The van der Waals surface area contributed by atoms with Gasteiger partial charge in [0.1, 0.15) is 11.3 Å². The molecule has 0 bridgehead atoms. The zero-order valence-corrected chi connectivity index (χ0v) is 17.7. The van der Waals surface area contributed by atoms with Gasteiger partial charge in [0.05, 0.1) is 17.5 Å². The van der Waals surface area contributed by atoms with Crippen LogP contribution >= 0.6 is 11.3 Å². The van der Waals surface area contributed by atoms with Crippen molar-refractivity contribution in [2.45, 2.75) is 6.92 Å². The number of hydrogen-bond acceptors (Lipinski definition) is 6. The molecule has 0 spiro atoms. The summed E-state index contributed by atoms with van der Waals surface area (Å²) in [5, 5.41) is 6.05. The summed E-state index contributed by atoms with van der Waals surface area (Å²) < 4.78 is 12.0. The molecule has 0 aliphatic heterocycles. The topological polar surface area (TPSA) is 89.5 Å². The van der Waals surface area contributed by atoms with E-state index in [2.05, 4.69) is 15.6 Å². The van der Waals surface area contributed by atoms with E-state index in [9.17, 15) is 9.59 Å². The zero-order valence-electron chi connectivity index (χ0n) is 16.8. The molecule has 0 fully saturated rings. The van der Waals surface area contributed by atoms with Crippen LogP contribution in [0.3, 0.4) is 0 Å². The van der Waals surface area contributed by atoms with Crippen LogP contribution in [0.1, 0.15) is 17.3 Å². The number of benzene rings is 3. The number of carbonyl (C=O) groups is 2. The van der Waals surface area contributed by atoms with Crippen molar-refractivity contribution in [3.8, 4) is 17.2 Å². The number of methoxy groups -OCH3 is 1. The van der Waals surface area contributed by atoms with Gasteiger partial charge >= 0.3 is 0 Å². The Morgan fingerprint density at radius 2 is 1.65 bits per heavy atom. The Bertz CT molecular complexity index is 1250. The van der Waals surface area contributed by atoms with Gasteiger partial charge in [0.15, 0.2) is 16.6 Å². The number of aromatic nitrogens is 1. The van der Waals surface area contributed by atoms with Gasteiger partial charge in [0.2, 0.25) is 5.91 Å². The van der Waals surface area contributed by atoms with Crippen molar-refractivity contribution >= 4 is 44.2 Å². The van der Waals surface area contributed by atoms with E-state index in [-0.39, 0.29) is 11.8 Å². The highest BCUT2D eigenvalue weighted by atomic mass is 32.1. The lowest BCUT2D eigenvalue weighted by Gasteiger charge is -2.10. The van der Waals surface area contributed by atoms with Gasteiger partial charge in [-0.15, -0.1) is 0 Å². The van der Waals surface area contributed by atoms with E-state index in [1.54, 1.807) is 37.4 Å². The third-order valence-electron chi connectivity index (χ3n) is 4.36. The van der Waals surface area contributed by atoms with Crippen LogP contribution in [0, 0.1) is 0 Å². The Morgan fingerprint density at radius 1 is 0.903 bits per heavy atom. The number of thiazole rings is 1. The molecule has 0 unspecified atom stereocenters. The lowest BCUT2D eigenvalue weighted by atomic mass is 10.2. The number of carbonyl (C=O) groups excluding carboxylic acids is 2. The normalized spacial score (nSPS) is 10.5. The highest BCUT2D eigenvalue weighted by Gasteiger charge is 2.13. The summed E-state index contributed by atoms with van der Waals surface area (Å²) in [6.45, 7) is 1.43. The Hall–Kier alpha value is -3.91. The van der Waals surface area contributed by atoms with Crippen LogP contribution in [0.15, 0.2) is 66.7 Å². The van der Waals surface area contributed by atoms with Gasteiger partial charge < -0.3 is 20.1 Å². The molecule has 3 aromatic carbocycles. The molecule has 7 nitrogen and oxygen atoms in total. The van der Waals surface area contributed by atoms with Crippen molar-refractivity contribution in [1.82, 2.24) is 4.98 Å². The van der Waals surface area contributed by atoms with Gasteiger partial charge in [0.25, 0.3) is 5.91 Å². The smallest absolute Gasteiger partial charge is 0.255 e. The van der Waals surface area contributed by atoms with E-state index in [1.807, 2.05) is 36.4 Å². The Labute approximate surface area is 182 Å². The third kappa shape index (κ3) is 4.65. The first-order chi connectivity index (χ1) is 15.0. The summed E-state index contributed by atoms with van der Waals surface area (Å²) in [5.41, 5.74) is 1.67. The number of nitrogens with zero attached hydrogens (tertiary/aromatic N) is 1. The number of nitrogens with one attached hydrogen (secondary N) is 2. The molecule has 2 N–H and O–H groups in total. The van der Waals surface area contributed by atoms with Gasteiger partial charge in [-0.1, -0.05) is 29.5 Å². The number of amides is 2. The minimum Gasteiger partial charge on any atom is -0.493 e. The van der Waals surface area contributed by atoms with E-state index in [4.69, 9.17) is 9.47 Å². The molecule has 0 atom stereocenters. The van der Waals surface area contributed by atoms with E-state index in [0.29, 0.717) is 39.1 Å². The number of fused-ring (bicyclic) bond motifs is 1. The first kappa shape index (κ1) is 20.4. The SMILES string of the molecule is COc1ccccc1Oc1ccc(C(=O)Nc2cccc3sc(NC(C)=O)nc23)cc1. The molecular formula is C23H19N3O4S. The van der Waals surface area contributed by atoms with Crippen molar-refractivity contribution in [1.29, 1.82) is 0 Å². The average Bonchev–Trinajstić information content (AvgIpc) is 3.17. The molecule has 156 valence electrons. The molecule has 0 saturated heterocycles. The van der Waals surface area contributed by atoms with Gasteiger partial charge in [-0.25, -0.2) is 4.98 Å². The van der Waals surface area contributed by atoms with Crippen LogP contribution in [-0.2, 0) is 4.79 Å². The molecule has 2 amide bonds. The number of anilines is 2. The molecule has 1 aromatic heterocycles. The third-order valence-corrected chi connectivity index (χ3v) is 5.30. The summed E-state index contributed by atoms with van der Waals surface area (Å²) in [7, 11) is 1.58. The standard InChI is InChI=1S/C23H19N3O4S/c1-14(27)24-23-26-21-17(6-5-9-20(21)31-23)25-22(28)15-10-12-16(13-11-15)30-19-8-4-3-7-18(19)29-2/h3-13H,1-2H3,(H,25,28)(H,24,26,27). The minimum atomic E-state index is -0.273. The molecule has 31 heavy (non-hydrogen) atoms. The van der Waals surface area contributed by atoms with Gasteiger partial charge in [-0.3, -0.25) is 9.59 Å². The van der Waals surface area contributed by atoms with E-state index >= 15 is 0 Å². The summed E-state index contributed by atoms with van der Waals surface area (Å²) >= 11 is 1.35. The predicted molar refractivity (Wildman–Crippen MR) is 121 cm³/mol. The molecule has 0 aliphatic rings. The maximum absolute atomic E-state index is 12.7. The highest BCUT2D eigenvalue weighted by Crippen LogP contribution is 2.32. The maximum atomic E-state index is 12.7. The van der Waals surface area contributed by atoms with Crippen LogP contribution in [0.5, 0.6) is 17.2 Å². The second kappa shape index (κ2) is 8.85. The van der Waals surface area contributed by atoms with Crippen molar-refractivity contribution in [2.24, 2.45) is 0 Å². The van der Waals surface area contributed by atoms with Crippen LogP contribution in [0.4, 0.5) is 10.8 Å². The Balaban J connectivity index is 1.50. The van der Waals surface area contributed by atoms with E-state index < -0.39 is 0 Å². The number of hydrogen-bond donors (Lipinski definition) is 2. The van der Waals surface area contributed by atoms with Crippen LogP contribution in [0.25, 0.3) is 10.2 Å². The lowest BCUT2D eigenvalue weighted by molar-refractivity contribution is -0.114. The molecule has 0 radical (unpaired) electrons. The molecule has 0 saturated carbocycles. The zero-order chi connectivity index (χ0) is 21.8. The second-order valence-corrected chi connectivity index (χ2v) is 7.61. The Kier molecular flexibility index (Phi) is 5.81. The van der Waals surface area contributed by atoms with Crippen molar-refractivity contribution in [3.63, 3.8) is 0 Å². The fraction of sp³-hybridized carbons (Fsp3) is 0.0870. The largest absolute Gasteiger partial charge is 0.493 e. The lowest BCUT2D eigenvalue weighted by Crippen LogP contribution is -2.12. The second-order valence-electron chi connectivity index (χ2n) is 6.58. The van der Waals surface area contributed by atoms with E-state index in [1.165, 1.54) is 18.3 Å². The molecule has 4 rings (SSSR count). The highest BCUT2D eigenvalue weighted by molar-refractivity contribution is 7.22. The quantitative estimate of drug-likeness (QED) is 0.430. The summed E-state index contributed by atoms with van der Waals surface area (Å²) in [4.78, 5) is 28.4. The fourth-order valence-corrected chi connectivity index (χ4v) is 3.89. The first-order valence-electron chi connectivity index (χ1n) is 9.43. The van der Waals surface area contributed by atoms with Crippen molar-refractivity contribution < 1.29 is 19.1 Å². The number of ether oxygens (including phenoxy) is 2. The molecule has 1 heterocycles. The maximum Gasteiger partial charge on any atom is 0.255 e. The Morgan fingerprint density at radius 3 is 2.35 bits per heavy atom. The average molecular weight is 433 g/mol. The molecule has 8 heteroatoms. The summed E-state index contributed by atoms with van der Waals surface area (Å²) in [6.07, 6.45) is 0. The van der Waals surface area contributed by atoms with Crippen LogP contribution in [0.2, 0.25) is 0 Å². The van der Waals surface area contributed by atoms with Gasteiger partial charge in [0, 0.05) is 12.5 Å². The summed E-state index contributed by atoms with van der Waals surface area (Å²) in [5.74, 6) is 1.33. The van der Waals surface area contributed by atoms with Crippen molar-refractivity contribution in [3.05, 3.63) is 72.3 Å². The monoisotopic (exact) mass is 433 g/mol. The number of para-hydroxylation sites is 3. The van der Waals surface area contributed by atoms with Crippen LogP contribution < -0.4 is 20.1 Å². The van der Waals surface area contributed by atoms with E-state index in [0.717, 1.165) is 4.70 Å². The van der Waals surface area contributed by atoms with Crippen molar-refractivity contribution in [2.75, 3.05) is 17.7 Å². The molecule has 4 aromatic rings. The molecular weight excluding hydrogens is 414 g/mol. The van der Waals surface area contributed by atoms with Gasteiger partial charge in [-0.05, 0) is 48.5 Å². The summed E-state index contributed by atoms with van der Waals surface area (Å²) in [6, 6.07) is 19.6. The molecule has 0 aliphatic carbocycles. The number of rotatable bonds is 6. The predicted octanol–water partition coefficient (Wildman–Crippen LogP) is 5.31. The van der Waals surface area contributed by atoms with Crippen LogP contribution in [-0.4, -0.2) is 23.9 Å². The first-order valence-corrected chi connectivity index (χ1v) is 10.2.